The van der Waals surface area contributed by atoms with Gasteiger partial charge in [0.05, 0.1) is 0 Å². The zero-order valence-corrected chi connectivity index (χ0v) is 10.1. The van der Waals surface area contributed by atoms with Gasteiger partial charge in [-0.3, -0.25) is 0 Å². The van der Waals surface area contributed by atoms with E-state index in [1.807, 2.05) is 0 Å². The number of hydrogen-bond donors (Lipinski definition) is 2. The Labute approximate surface area is 85.7 Å². The summed E-state index contributed by atoms with van der Waals surface area (Å²) in [6, 6.07) is -0.0706. The quantitative estimate of drug-likeness (QED) is 0.732. The molecule has 0 aromatic heterocycles. The molecule has 0 amide bonds. The Bertz CT molecular complexity index is 177. The number of Topliss-reactive ketones (excluding diaryl/α,β-unsaturated/α-hetero) is 1. The van der Waals surface area contributed by atoms with Crippen molar-refractivity contribution in [3.8, 4) is 0 Å². The Morgan fingerprint density at radius 3 is 2.83 bits per heavy atom. The first-order valence-corrected chi connectivity index (χ1v) is 10.4. The van der Waals surface area contributed by atoms with Gasteiger partial charge in [-0.05, 0) is 0 Å². The van der Waals surface area contributed by atoms with Gasteiger partial charge in [-0.1, -0.05) is 0 Å². The van der Waals surface area contributed by atoms with E-state index in [-0.39, 0.29) is 17.9 Å². The SMILES string of the molecule is NC1CCC(=O)C([NH][Pt]([Cl])[Cl])C1. The zero-order valence-electron chi connectivity index (χ0n) is 6.33. The van der Waals surface area contributed by atoms with E-state index in [0.717, 1.165) is 6.42 Å². The average molecular weight is 393 g/mol. The maximum atomic E-state index is 11.3. The van der Waals surface area contributed by atoms with Crippen LogP contribution in [0.15, 0.2) is 0 Å². The molecule has 0 saturated heterocycles. The van der Waals surface area contributed by atoms with Crippen molar-refractivity contribution in [3.63, 3.8) is 0 Å². The van der Waals surface area contributed by atoms with Crippen LogP contribution in [0, 0.1) is 0 Å². The van der Waals surface area contributed by atoms with E-state index in [9.17, 15) is 4.79 Å². The Hall–Kier alpha value is 0.858. The van der Waals surface area contributed by atoms with Crippen molar-refractivity contribution >= 4 is 24.6 Å². The molecule has 0 aromatic rings. The van der Waals surface area contributed by atoms with E-state index in [0.29, 0.717) is 12.8 Å². The van der Waals surface area contributed by atoms with Crippen LogP contribution in [0.5, 0.6) is 0 Å². The first kappa shape index (κ1) is 10.9. The summed E-state index contributed by atoms with van der Waals surface area (Å²) in [5.41, 5.74) is 5.70. The van der Waals surface area contributed by atoms with Crippen molar-refractivity contribution < 1.29 is 20.3 Å². The number of carbonyl (C=O) groups excluding carboxylic acids is 1. The molecule has 2 unspecified atom stereocenters. The summed E-state index contributed by atoms with van der Waals surface area (Å²) in [7, 11) is 11.3. The van der Waals surface area contributed by atoms with Crippen LogP contribution in [-0.2, 0) is 20.3 Å². The molecule has 0 heterocycles. The molecular formula is C6H11Cl2N2OPt. The molecule has 75 valence electrons. The van der Waals surface area contributed by atoms with Gasteiger partial charge in [0.25, 0.3) is 0 Å². The topological polar surface area (TPSA) is 55.1 Å². The maximum absolute atomic E-state index is 11.3. The number of nitrogens with two attached hydrogens (primary N) is 1. The van der Waals surface area contributed by atoms with Gasteiger partial charge in [0.15, 0.2) is 0 Å². The summed E-state index contributed by atoms with van der Waals surface area (Å²) in [5.74, 6) is 0.195. The van der Waals surface area contributed by atoms with Gasteiger partial charge in [-0.2, -0.15) is 0 Å². The summed E-state index contributed by atoms with van der Waals surface area (Å²) in [6.45, 7) is 0. The molecule has 3 nitrogen and oxygen atoms in total. The number of halogens is 2. The number of rotatable bonds is 2. The minimum absolute atomic E-state index is 0.115. The van der Waals surface area contributed by atoms with Gasteiger partial charge in [0.2, 0.25) is 0 Å². The third-order valence-electron chi connectivity index (χ3n) is 1.87. The summed E-state index contributed by atoms with van der Waals surface area (Å²) >= 11 is -2.05. The van der Waals surface area contributed by atoms with Gasteiger partial charge in [-0.15, -0.1) is 0 Å². The van der Waals surface area contributed by atoms with Crippen LogP contribution in [0.2, 0.25) is 0 Å². The van der Waals surface area contributed by atoms with Crippen molar-refractivity contribution in [2.24, 2.45) is 5.73 Å². The summed E-state index contributed by atoms with van der Waals surface area (Å²) in [5, 5.41) is 0. The number of nitrogens with one attached hydrogen (secondary N) is 1. The molecule has 0 aliphatic heterocycles. The summed E-state index contributed by atoms with van der Waals surface area (Å²) in [4.78, 5) is 11.3. The molecule has 6 heteroatoms. The van der Waals surface area contributed by atoms with Gasteiger partial charge >= 0.3 is 85.8 Å². The van der Waals surface area contributed by atoms with Crippen LogP contribution in [0.3, 0.4) is 0 Å². The normalized spacial score (nSPS) is 31.9. The Morgan fingerprint density at radius 2 is 2.25 bits per heavy atom. The molecule has 2 atom stereocenters. The van der Waals surface area contributed by atoms with E-state index >= 15 is 0 Å². The Balaban J connectivity index is 2.43. The molecule has 0 radical (unpaired) electrons. The van der Waals surface area contributed by atoms with Crippen molar-refractivity contribution in [2.75, 3.05) is 0 Å². The molecule has 0 bridgehead atoms. The molecule has 1 saturated carbocycles. The summed E-state index contributed by atoms with van der Waals surface area (Å²) < 4.78 is 2.92. The van der Waals surface area contributed by atoms with Crippen LogP contribution < -0.4 is 9.61 Å². The number of hydrogen-bond acceptors (Lipinski definition) is 3. The van der Waals surface area contributed by atoms with Crippen LogP contribution >= 0.6 is 18.8 Å². The molecule has 0 aromatic carbocycles. The molecule has 0 spiro atoms. The monoisotopic (exact) mass is 392 g/mol. The third kappa shape index (κ3) is 3.31. The first-order chi connectivity index (χ1) is 5.59. The Morgan fingerprint density at radius 1 is 1.58 bits per heavy atom. The van der Waals surface area contributed by atoms with Gasteiger partial charge in [0.1, 0.15) is 0 Å². The van der Waals surface area contributed by atoms with Crippen molar-refractivity contribution in [3.05, 3.63) is 0 Å². The van der Waals surface area contributed by atoms with Crippen LogP contribution in [0.4, 0.5) is 0 Å². The molecular weight excluding hydrogens is 382 g/mol. The second-order valence-electron chi connectivity index (χ2n) is 2.81. The molecule has 1 fully saturated rings. The predicted molar refractivity (Wildman–Crippen MR) is 45.5 cm³/mol. The molecule has 1 rings (SSSR count). The average Bonchev–Trinajstić information content (AvgIpc) is 1.96. The van der Waals surface area contributed by atoms with Crippen molar-refractivity contribution in [2.45, 2.75) is 31.3 Å². The molecule has 1 aliphatic carbocycles. The third-order valence-corrected chi connectivity index (χ3v) is 4.29. The molecule has 3 N–H and O–H groups in total. The molecule has 12 heavy (non-hydrogen) atoms. The van der Waals surface area contributed by atoms with Crippen LogP contribution in [-0.4, -0.2) is 17.9 Å². The van der Waals surface area contributed by atoms with Crippen molar-refractivity contribution in [1.29, 1.82) is 0 Å². The second-order valence-corrected chi connectivity index (χ2v) is 9.56. The zero-order chi connectivity index (χ0) is 9.14. The fourth-order valence-corrected chi connectivity index (χ4v) is 3.82. The van der Waals surface area contributed by atoms with Crippen LogP contribution in [0.1, 0.15) is 19.3 Å². The van der Waals surface area contributed by atoms with Crippen LogP contribution in [0.25, 0.3) is 0 Å². The van der Waals surface area contributed by atoms with Gasteiger partial charge in [-0.25, -0.2) is 0 Å². The first-order valence-electron chi connectivity index (χ1n) is 3.59. The summed E-state index contributed by atoms with van der Waals surface area (Å²) in [6.07, 6.45) is 2.01. The van der Waals surface area contributed by atoms with Gasteiger partial charge < -0.3 is 0 Å². The standard InChI is InChI=1S/C6H11N2O.2ClH.Pt/c7-4-1-2-6(9)5(8)3-4;;;/h4-5,8H,1-3,7H2;2*1H;/q-1;;;+3/p-2. The second kappa shape index (κ2) is 4.92. The van der Waals surface area contributed by atoms with E-state index < -0.39 is 15.5 Å². The van der Waals surface area contributed by atoms with E-state index in [1.54, 1.807) is 0 Å². The van der Waals surface area contributed by atoms with E-state index in [1.165, 1.54) is 0 Å². The number of carbonyl (C=O) groups is 1. The molecule has 1 aliphatic rings. The van der Waals surface area contributed by atoms with Gasteiger partial charge in [0, 0.05) is 0 Å². The fraction of sp³-hybridized carbons (Fsp3) is 0.833. The van der Waals surface area contributed by atoms with E-state index in [4.69, 9.17) is 24.6 Å². The fourth-order valence-electron chi connectivity index (χ4n) is 1.23. The number of ketones is 1. The Kier molecular flexibility index (Phi) is 4.48. The van der Waals surface area contributed by atoms with E-state index in [2.05, 4.69) is 3.88 Å². The minimum atomic E-state index is -2.05. The van der Waals surface area contributed by atoms with Crippen molar-refractivity contribution in [1.82, 2.24) is 3.88 Å². The predicted octanol–water partition coefficient (Wildman–Crippen LogP) is 0.866.